The predicted molar refractivity (Wildman–Crippen MR) is 149 cm³/mol. The average Bonchev–Trinajstić information content (AvgIpc) is 3.46. The molecule has 0 saturated carbocycles. The summed E-state index contributed by atoms with van der Waals surface area (Å²) in [6.45, 7) is 10.2. The highest BCUT2D eigenvalue weighted by Gasteiger charge is 2.29. The molecule has 1 aliphatic rings. The van der Waals surface area contributed by atoms with Crippen LogP contribution in [0, 0.1) is 6.92 Å². The Morgan fingerprint density at radius 2 is 1.95 bits per heavy atom. The van der Waals surface area contributed by atoms with Gasteiger partial charge in [-0.2, -0.15) is 5.10 Å². The lowest BCUT2D eigenvalue weighted by molar-refractivity contribution is -0.117. The molecular weight excluding hydrogens is 478 g/mol. The van der Waals surface area contributed by atoms with Gasteiger partial charge in [0.05, 0.1) is 29.4 Å². The van der Waals surface area contributed by atoms with Gasteiger partial charge in [0.2, 0.25) is 11.8 Å². The van der Waals surface area contributed by atoms with Crippen LogP contribution in [-0.4, -0.2) is 32.6 Å². The van der Waals surface area contributed by atoms with Crippen molar-refractivity contribution in [3.8, 4) is 11.5 Å². The summed E-state index contributed by atoms with van der Waals surface area (Å²) < 4.78 is 8.16. The van der Waals surface area contributed by atoms with E-state index >= 15 is 0 Å². The standard InChI is InChI=1S/C30H33N5O3/c1-19-14-21(15-28(36)33-22-17-32-34(18-22)30(3,4)5)7-10-26(19)38-27-12-13-31-25-9-8-23(16-24(25)27)35-20(2)6-11-29(35)37/h7-10,12-14,16-18,20H,6,11,15H2,1-5H3,(H,33,36). The van der Waals surface area contributed by atoms with Crippen LogP contribution in [0.25, 0.3) is 10.9 Å². The summed E-state index contributed by atoms with van der Waals surface area (Å²) in [5, 5.41) is 8.10. The average molecular weight is 512 g/mol. The first-order valence-electron chi connectivity index (χ1n) is 12.9. The van der Waals surface area contributed by atoms with Crippen molar-refractivity contribution < 1.29 is 14.3 Å². The van der Waals surface area contributed by atoms with Gasteiger partial charge in [-0.1, -0.05) is 12.1 Å². The van der Waals surface area contributed by atoms with Gasteiger partial charge in [-0.25, -0.2) is 0 Å². The van der Waals surface area contributed by atoms with E-state index in [0.29, 0.717) is 23.6 Å². The highest BCUT2D eigenvalue weighted by Crippen LogP contribution is 2.35. The lowest BCUT2D eigenvalue weighted by Crippen LogP contribution is -2.30. The van der Waals surface area contributed by atoms with Crippen molar-refractivity contribution in [3.63, 3.8) is 0 Å². The van der Waals surface area contributed by atoms with Crippen LogP contribution in [0.3, 0.4) is 0 Å². The smallest absolute Gasteiger partial charge is 0.228 e. The lowest BCUT2D eigenvalue weighted by Gasteiger charge is -2.22. The Morgan fingerprint density at radius 1 is 1.13 bits per heavy atom. The Kier molecular flexibility index (Phi) is 6.65. The van der Waals surface area contributed by atoms with E-state index in [9.17, 15) is 9.59 Å². The molecule has 1 saturated heterocycles. The lowest BCUT2D eigenvalue weighted by atomic mass is 10.1. The number of anilines is 2. The van der Waals surface area contributed by atoms with Gasteiger partial charge >= 0.3 is 0 Å². The molecule has 0 bridgehead atoms. The number of fused-ring (bicyclic) bond motifs is 1. The van der Waals surface area contributed by atoms with Gasteiger partial charge in [0.15, 0.2) is 0 Å². The number of amides is 2. The zero-order chi connectivity index (χ0) is 27.0. The van der Waals surface area contributed by atoms with Crippen LogP contribution in [0.4, 0.5) is 11.4 Å². The SMILES string of the molecule is Cc1cc(CC(=O)Nc2cnn(C(C)(C)C)c2)ccc1Oc1ccnc2ccc(N3C(=O)CCC3C)cc12. The van der Waals surface area contributed by atoms with E-state index < -0.39 is 0 Å². The molecule has 8 nitrogen and oxygen atoms in total. The fourth-order valence-corrected chi connectivity index (χ4v) is 4.77. The zero-order valence-corrected chi connectivity index (χ0v) is 22.5. The van der Waals surface area contributed by atoms with Crippen molar-refractivity contribution in [2.24, 2.45) is 0 Å². The van der Waals surface area contributed by atoms with E-state index in [-0.39, 0.29) is 29.8 Å². The maximum Gasteiger partial charge on any atom is 0.228 e. The van der Waals surface area contributed by atoms with Crippen molar-refractivity contribution in [2.75, 3.05) is 10.2 Å². The second-order valence-corrected chi connectivity index (χ2v) is 10.9. The number of carbonyl (C=O) groups is 2. The number of nitrogens with zero attached hydrogens (tertiary/aromatic N) is 4. The minimum absolute atomic E-state index is 0.107. The van der Waals surface area contributed by atoms with Gasteiger partial charge in [-0.05, 0) is 82.5 Å². The van der Waals surface area contributed by atoms with Crippen LogP contribution in [-0.2, 0) is 21.5 Å². The molecule has 196 valence electrons. The molecule has 4 aromatic rings. The number of hydrogen-bond acceptors (Lipinski definition) is 5. The Morgan fingerprint density at radius 3 is 2.63 bits per heavy atom. The number of carbonyl (C=O) groups excluding carboxylic acids is 2. The Balaban J connectivity index is 1.32. The number of rotatable bonds is 6. The van der Waals surface area contributed by atoms with Crippen LogP contribution in [0.15, 0.2) is 61.1 Å². The molecule has 2 aromatic carbocycles. The minimum atomic E-state index is -0.151. The summed E-state index contributed by atoms with van der Waals surface area (Å²) in [7, 11) is 0. The summed E-state index contributed by atoms with van der Waals surface area (Å²) in [5.41, 5.74) is 3.99. The molecule has 8 heteroatoms. The molecule has 3 heterocycles. The van der Waals surface area contributed by atoms with Crippen molar-refractivity contribution in [2.45, 2.75) is 65.5 Å². The molecular formula is C30H33N5O3. The fraction of sp³-hybridized carbons (Fsp3) is 0.333. The van der Waals surface area contributed by atoms with Crippen molar-refractivity contribution >= 4 is 34.1 Å². The molecule has 38 heavy (non-hydrogen) atoms. The second-order valence-electron chi connectivity index (χ2n) is 10.9. The molecule has 0 spiro atoms. The van der Waals surface area contributed by atoms with Crippen LogP contribution in [0.5, 0.6) is 11.5 Å². The van der Waals surface area contributed by atoms with E-state index in [2.05, 4.69) is 43.1 Å². The predicted octanol–water partition coefficient (Wildman–Crippen LogP) is 5.98. The molecule has 1 atom stereocenters. The van der Waals surface area contributed by atoms with E-state index in [4.69, 9.17) is 4.74 Å². The maximum atomic E-state index is 12.6. The van der Waals surface area contributed by atoms with Crippen molar-refractivity contribution in [3.05, 3.63) is 72.2 Å². The maximum absolute atomic E-state index is 12.6. The molecule has 1 fully saturated rings. The van der Waals surface area contributed by atoms with Crippen LogP contribution >= 0.6 is 0 Å². The summed E-state index contributed by atoms with van der Waals surface area (Å²) >= 11 is 0. The summed E-state index contributed by atoms with van der Waals surface area (Å²) in [6.07, 6.45) is 6.89. The van der Waals surface area contributed by atoms with E-state index in [1.54, 1.807) is 12.4 Å². The molecule has 1 aliphatic heterocycles. The largest absolute Gasteiger partial charge is 0.456 e. The second kappa shape index (κ2) is 9.93. The minimum Gasteiger partial charge on any atom is -0.456 e. The first kappa shape index (κ1) is 25.4. The van der Waals surface area contributed by atoms with E-state index in [1.807, 2.05) is 65.2 Å². The highest BCUT2D eigenvalue weighted by molar-refractivity contribution is 5.99. The Hall–Kier alpha value is -4.20. The van der Waals surface area contributed by atoms with Crippen molar-refractivity contribution in [1.29, 1.82) is 0 Å². The van der Waals surface area contributed by atoms with Crippen molar-refractivity contribution in [1.82, 2.24) is 14.8 Å². The number of pyridine rings is 1. The third-order valence-corrected chi connectivity index (χ3v) is 6.83. The van der Waals surface area contributed by atoms with Crippen LogP contribution in [0.2, 0.25) is 0 Å². The fourth-order valence-electron chi connectivity index (χ4n) is 4.77. The number of aromatic nitrogens is 3. The zero-order valence-electron chi connectivity index (χ0n) is 22.5. The van der Waals surface area contributed by atoms with Gasteiger partial charge in [-0.15, -0.1) is 0 Å². The first-order chi connectivity index (χ1) is 18.1. The molecule has 1 N–H and O–H groups in total. The van der Waals surface area contributed by atoms with E-state index in [1.165, 1.54) is 0 Å². The Bertz CT molecular complexity index is 1520. The van der Waals surface area contributed by atoms with Gasteiger partial charge in [0.25, 0.3) is 0 Å². The summed E-state index contributed by atoms with van der Waals surface area (Å²) in [4.78, 5) is 31.4. The molecule has 5 rings (SSSR count). The van der Waals surface area contributed by atoms with Gasteiger partial charge in [0.1, 0.15) is 11.5 Å². The number of ether oxygens (including phenoxy) is 1. The normalized spacial score (nSPS) is 15.8. The quantitative estimate of drug-likeness (QED) is 0.344. The summed E-state index contributed by atoms with van der Waals surface area (Å²) in [6, 6.07) is 13.6. The topological polar surface area (TPSA) is 89.3 Å². The van der Waals surface area contributed by atoms with Crippen LogP contribution in [0.1, 0.15) is 51.7 Å². The molecule has 1 unspecified atom stereocenters. The number of nitrogens with one attached hydrogen (secondary N) is 1. The first-order valence-corrected chi connectivity index (χ1v) is 12.9. The third kappa shape index (κ3) is 5.25. The molecule has 2 amide bonds. The molecule has 0 aliphatic carbocycles. The molecule has 0 radical (unpaired) electrons. The van der Waals surface area contributed by atoms with Gasteiger partial charge in [-0.3, -0.25) is 19.3 Å². The van der Waals surface area contributed by atoms with E-state index in [0.717, 1.165) is 34.1 Å². The number of aryl methyl sites for hydroxylation is 1. The summed E-state index contributed by atoms with van der Waals surface area (Å²) in [5.74, 6) is 1.40. The monoisotopic (exact) mass is 511 g/mol. The third-order valence-electron chi connectivity index (χ3n) is 6.83. The number of hydrogen-bond donors (Lipinski definition) is 1. The van der Waals surface area contributed by atoms with Gasteiger partial charge in [0, 0.05) is 35.9 Å². The molecule has 2 aromatic heterocycles. The van der Waals surface area contributed by atoms with Crippen LogP contribution < -0.4 is 15.0 Å². The Labute approximate surface area is 222 Å². The number of benzene rings is 2. The highest BCUT2D eigenvalue weighted by atomic mass is 16.5. The van der Waals surface area contributed by atoms with Gasteiger partial charge < -0.3 is 15.0 Å².